The van der Waals surface area contributed by atoms with Crippen LogP contribution in [0.4, 0.5) is 10.1 Å². The minimum absolute atomic E-state index is 0.0495. The van der Waals surface area contributed by atoms with Crippen LogP contribution in [0.5, 0.6) is 11.5 Å². The second-order valence-electron chi connectivity index (χ2n) is 7.26. The van der Waals surface area contributed by atoms with Gasteiger partial charge in [-0.1, -0.05) is 16.4 Å². The number of ether oxygens (including phenoxy) is 2. The van der Waals surface area contributed by atoms with Gasteiger partial charge in [0, 0.05) is 6.07 Å². The van der Waals surface area contributed by atoms with Gasteiger partial charge in [-0.05, 0) is 30.3 Å². The maximum Gasteiger partial charge on any atom is 0.263 e. The first kappa shape index (κ1) is 20.5. The lowest BCUT2D eigenvalue weighted by molar-refractivity contribution is -0.123. The fraction of sp³-hybridized carbons (Fsp3) is 0.238. The fourth-order valence-corrected chi connectivity index (χ4v) is 3.77. The van der Waals surface area contributed by atoms with Crippen molar-refractivity contribution in [1.29, 1.82) is 0 Å². The minimum Gasteiger partial charge on any atom is -0.497 e. The molecule has 0 saturated carbocycles. The Labute approximate surface area is 186 Å². The molecule has 1 fully saturated rings. The highest BCUT2D eigenvalue weighted by Crippen LogP contribution is 2.34. The molecule has 1 saturated heterocycles. The Kier molecular flexibility index (Phi) is 4.96. The van der Waals surface area contributed by atoms with E-state index in [1.165, 1.54) is 30.3 Å². The Morgan fingerprint density at radius 2 is 1.94 bits per heavy atom. The van der Waals surface area contributed by atoms with Crippen molar-refractivity contribution in [3.63, 3.8) is 0 Å². The number of aromatic nitrogens is 2. The van der Waals surface area contributed by atoms with Crippen molar-refractivity contribution in [2.24, 2.45) is 10.3 Å². The summed E-state index contributed by atoms with van der Waals surface area (Å²) in [5.41, 5.74) is 0.722. The van der Waals surface area contributed by atoms with Gasteiger partial charge in [-0.3, -0.25) is 14.6 Å². The summed E-state index contributed by atoms with van der Waals surface area (Å²) in [6.45, 7) is -0.0495. The highest BCUT2D eigenvalue weighted by molar-refractivity contribution is 6.25. The van der Waals surface area contributed by atoms with E-state index < -0.39 is 29.7 Å². The Bertz CT molecular complexity index is 1280. The molecule has 2 atom stereocenters. The molecule has 5 rings (SSSR count). The Morgan fingerprint density at radius 3 is 2.70 bits per heavy atom. The van der Waals surface area contributed by atoms with E-state index in [0.29, 0.717) is 17.1 Å². The molecule has 0 spiro atoms. The molecule has 0 aliphatic carbocycles. The predicted molar refractivity (Wildman–Crippen MR) is 110 cm³/mol. The predicted octanol–water partition coefficient (Wildman–Crippen LogP) is 2.39. The zero-order chi connectivity index (χ0) is 23.1. The summed E-state index contributed by atoms with van der Waals surface area (Å²) in [6, 6.07) is 8.40. The average molecular weight is 452 g/mol. The Balaban J connectivity index is 1.37. The number of rotatable bonds is 6. The maximum absolute atomic E-state index is 13.6. The van der Waals surface area contributed by atoms with E-state index in [1.807, 2.05) is 0 Å². The summed E-state index contributed by atoms with van der Waals surface area (Å²) in [4.78, 5) is 31.0. The third kappa shape index (κ3) is 3.45. The molecular formula is C21H17FN6O5. The van der Waals surface area contributed by atoms with Crippen LogP contribution in [0.1, 0.15) is 5.89 Å². The zero-order valence-electron chi connectivity index (χ0n) is 17.5. The first-order valence-electron chi connectivity index (χ1n) is 9.86. The third-order valence-electron chi connectivity index (χ3n) is 5.34. The number of imide groups is 1. The van der Waals surface area contributed by atoms with Gasteiger partial charge in [0.1, 0.15) is 23.9 Å². The van der Waals surface area contributed by atoms with Crippen molar-refractivity contribution in [1.82, 2.24) is 15.1 Å². The van der Waals surface area contributed by atoms with Gasteiger partial charge in [0.2, 0.25) is 11.7 Å². The lowest BCUT2D eigenvalue weighted by atomic mass is 10.1. The molecule has 0 radical (unpaired) electrons. The van der Waals surface area contributed by atoms with Crippen LogP contribution in [0.3, 0.4) is 0 Å². The molecule has 168 valence electrons. The van der Waals surface area contributed by atoms with Crippen LogP contribution in [0.25, 0.3) is 11.4 Å². The fourth-order valence-electron chi connectivity index (χ4n) is 3.77. The molecule has 2 aromatic carbocycles. The molecule has 0 unspecified atom stereocenters. The van der Waals surface area contributed by atoms with Gasteiger partial charge in [0.05, 0.1) is 25.5 Å². The van der Waals surface area contributed by atoms with Gasteiger partial charge in [-0.15, -0.1) is 0 Å². The lowest BCUT2D eigenvalue weighted by Crippen LogP contribution is -2.39. The summed E-state index contributed by atoms with van der Waals surface area (Å²) >= 11 is 0. The Morgan fingerprint density at radius 1 is 1.09 bits per heavy atom. The van der Waals surface area contributed by atoms with E-state index in [4.69, 9.17) is 14.0 Å². The number of amides is 2. The number of benzene rings is 2. The van der Waals surface area contributed by atoms with Gasteiger partial charge >= 0.3 is 0 Å². The number of anilines is 1. The lowest BCUT2D eigenvalue weighted by Gasteiger charge is -2.19. The SMILES string of the molecule is COc1ccc(-c2noc(CN3N=N[C@@H]4C(=O)N(c5cccc(F)c5)C(=O)[C@H]43)n2)c(OC)c1. The van der Waals surface area contributed by atoms with Crippen LogP contribution in [0.2, 0.25) is 0 Å². The monoisotopic (exact) mass is 452 g/mol. The number of hydrogen-bond acceptors (Lipinski definition) is 10. The Hall–Kier alpha value is -4.35. The second kappa shape index (κ2) is 7.97. The number of nitrogens with zero attached hydrogens (tertiary/aromatic N) is 6. The summed E-state index contributed by atoms with van der Waals surface area (Å²) in [6.07, 6.45) is 0. The first-order chi connectivity index (χ1) is 16.0. The number of halogens is 1. The maximum atomic E-state index is 13.6. The zero-order valence-corrected chi connectivity index (χ0v) is 17.5. The van der Waals surface area contributed by atoms with E-state index in [1.54, 1.807) is 25.3 Å². The molecule has 3 heterocycles. The van der Waals surface area contributed by atoms with Crippen LogP contribution < -0.4 is 14.4 Å². The van der Waals surface area contributed by atoms with Gasteiger partial charge < -0.3 is 14.0 Å². The van der Waals surface area contributed by atoms with E-state index in [9.17, 15) is 14.0 Å². The number of hydrogen-bond donors (Lipinski definition) is 0. The van der Waals surface area contributed by atoms with E-state index in [-0.39, 0.29) is 23.9 Å². The first-order valence-corrected chi connectivity index (χ1v) is 9.86. The highest BCUT2D eigenvalue weighted by atomic mass is 19.1. The van der Waals surface area contributed by atoms with Crippen LogP contribution in [-0.2, 0) is 16.1 Å². The van der Waals surface area contributed by atoms with Gasteiger partial charge in [0.15, 0.2) is 12.1 Å². The van der Waals surface area contributed by atoms with Crippen molar-refractivity contribution in [2.45, 2.75) is 18.6 Å². The minimum atomic E-state index is -1.02. The summed E-state index contributed by atoms with van der Waals surface area (Å²) in [5, 5.41) is 13.2. The molecule has 2 aliphatic heterocycles. The van der Waals surface area contributed by atoms with E-state index >= 15 is 0 Å². The van der Waals surface area contributed by atoms with Crippen molar-refractivity contribution < 1.29 is 28.0 Å². The average Bonchev–Trinajstić information content (AvgIpc) is 3.51. The summed E-state index contributed by atoms with van der Waals surface area (Å²) in [5.74, 6) is -0.163. The number of carbonyl (C=O) groups excluding carboxylic acids is 2. The van der Waals surface area contributed by atoms with Crippen LogP contribution in [0, 0.1) is 5.82 Å². The van der Waals surface area contributed by atoms with Crippen molar-refractivity contribution in [3.8, 4) is 22.9 Å². The smallest absolute Gasteiger partial charge is 0.263 e. The van der Waals surface area contributed by atoms with Gasteiger partial charge in [-0.25, -0.2) is 9.29 Å². The largest absolute Gasteiger partial charge is 0.497 e. The standard InChI is InChI=1S/C21H17FN6O5/c1-31-13-6-7-14(15(9-13)32-2)19-23-16(33-25-19)10-27-18-17(24-26-27)20(29)28(21(18)30)12-5-3-4-11(22)8-12/h3-9,17-18H,10H2,1-2H3/t17-,18-/m0/s1. The molecule has 2 amide bonds. The quantitative estimate of drug-likeness (QED) is 0.523. The molecule has 0 bridgehead atoms. The topological polar surface area (TPSA) is 123 Å². The highest BCUT2D eigenvalue weighted by Gasteiger charge is 2.55. The van der Waals surface area contributed by atoms with Crippen LogP contribution in [-0.4, -0.2) is 53.3 Å². The van der Waals surface area contributed by atoms with Gasteiger partial charge in [-0.2, -0.15) is 10.1 Å². The van der Waals surface area contributed by atoms with E-state index in [0.717, 1.165) is 11.0 Å². The molecule has 1 aromatic heterocycles. The molecule has 12 heteroatoms. The normalized spacial score (nSPS) is 19.4. The van der Waals surface area contributed by atoms with Crippen molar-refractivity contribution >= 4 is 17.5 Å². The molecule has 3 aromatic rings. The molecule has 33 heavy (non-hydrogen) atoms. The molecule has 2 aliphatic rings. The number of methoxy groups -OCH3 is 2. The summed E-state index contributed by atoms with van der Waals surface area (Å²) < 4.78 is 29.5. The van der Waals surface area contributed by atoms with E-state index in [2.05, 4.69) is 20.5 Å². The second-order valence-corrected chi connectivity index (χ2v) is 7.26. The van der Waals surface area contributed by atoms with Crippen molar-refractivity contribution in [2.75, 3.05) is 19.1 Å². The molecule has 11 nitrogen and oxygen atoms in total. The number of carbonyl (C=O) groups is 2. The summed E-state index contributed by atoms with van der Waals surface area (Å²) in [7, 11) is 3.06. The molecule has 0 N–H and O–H groups in total. The van der Waals surface area contributed by atoms with Gasteiger partial charge in [0.25, 0.3) is 11.8 Å². The van der Waals surface area contributed by atoms with Crippen LogP contribution in [0.15, 0.2) is 57.3 Å². The third-order valence-corrected chi connectivity index (χ3v) is 5.34. The van der Waals surface area contributed by atoms with Crippen LogP contribution >= 0.6 is 0 Å². The number of fused-ring (bicyclic) bond motifs is 1. The molecular weight excluding hydrogens is 435 g/mol. The van der Waals surface area contributed by atoms with Crippen molar-refractivity contribution in [3.05, 3.63) is 54.2 Å².